The first kappa shape index (κ1) is 22.4. The molecule has 0 atom stereocenters. The molecule has 0 radical (unpaired) electrons. The molecule has 3 rings (SSSR count). The second kappa shape index (κ2) is 9.68. The number of amides is 1. The lowest BCUT2D eigenvalue weighted by Gasteiger charge is -2.17. The van der Waals surface area contributed by atoms with Crippen molar-refractivity contribution in [2.45, 2.75) is 19.5 Å². The van der Waals surface area contributed by atoms with E-state index in [9.17, 15) is 14.4 Å². The second-order valence-corrected chi connectivity index (χ2v) is 7.61. The Hall–Kier alpha value is -3.29. The number of carboxylic acid groups (broad SMARTS) is 1. The minimum atomic E-state index is -1.00. The Balaban J connectivity index is 1.83. The molecule has 7 nitrogen and oxygen atoms in total. The van der Waals surface area contributed by atoms with Crippen molar-refractivity contribution in [3.05, 3.63) is 97.4 Å². The van der Waals surface area contributed by atoms with Crippen molar-refractivity contribution < 1.29 is 14.7 Å². The maximum atomic E-state index is 12.7. The summed E-state index contributed by atoms with van der Waals surface area (Å²) in [5.74, 6) is -1.54. The summed E-state index contributed by atoms with van der Waals surface area (Å²) >= 11 is 12.4. The molecule has 0 fully saturated rings. The zero-order valence-corrected chi connectivity index (χ0v) is 17.8. The van der Waals surface area contributed by atoms with Gasteiger partial charge in [-0.15, -0.1) is 0 Å². The van der Waals surface area contributed by atoms with Crippen LogP contribution in [0, 0.1) is 0 Å². The van der Waals surface area contributed by atoms with Crippen LogP contribution >= 0.6 is 23.2 Å². The first-order valence-electron chi connectivity index (χ1n) is 9.30. The number of nitrogens with one attached hydrogen (secondary N) is 1. The van der Waals surface area contributed by atoms with E-state index in [0.29, 0.717) is 34.9 Å². The molecule has 31 heavy (non-hydrogen) atoms. The van der Waals surface area contributed by atoms with Crippen molar-refractivity contribution in [3.63, 3.8) is 0 Å². The van der Waals surface area contributed by atoms with E-state index < -0.39 is 11.9 Å². The monoisotopic (exact) mass is 459 g/mol. The highest BCUT2D eigenvalue weighted by Gasteiger charge is 2.13. The maximum Gasteiger partial charge on any atom is 0.335 e. The average Bonchev–Trinajstić information content (AvgIpc) is 2.75. The molecular weight excluding hydrogens is 441 g/mol. The Kier molecular flexibility index (Phi) is 6.99. The highest BCUT2D eigenvalue weighted by atomic mass is 35.5. The lowest BCUT2D eigenvalue weighted by molar-refractivity contribution is 0.0696. The zero-order valence-electron chi connectivity index (χ0n) is 16.3. The second-order valence-electron chi connectivity index (χ2n) is 6.79. The number of carboxylic acids is 1. The molecule has 0 saturated carbocycles. The van der Waals surface area contributed by atoms with Crippen LogP contribution in [0.15, 0.2) is 59.4 Å². The van der Waals surface area contributed by atoms with E-state index in [0.717, 1.165) is 5.56 Å². The smallest absolute Gasteiger partial charge is 0.335 e. The summed E-state index contributed by atoms with van der Waals surface area (Å²) in [6.45, 7) is 0.509. The number of benzene rings is 2. The summed E-state index contributed by atoms with van der Waals surface area (Å²) in [5, 5.41) is 12.5. The van der Waals surface area contributed by atoms with Gasteiger partial charge in [-0.1, -0.05) is 41.4 Å². The van der Waals surface area contributed by atoms with Gasteiger partial charge in [0.25, 0.3) is 5.56 Å². The fourth-order valence-electron chi connectivity index (χ4n) is 3.08. The van der Waals surface area contributed by atoms with Crippen molar-refractivity contribution in [1.82, 2.24) is 4.57 Å². The summed E-state index contributed by atoms with van der Waals surface area (Å²) in [6.07, 6.45) is 0.473. The fraction of sp³-hybridized carbons (Fsp3) is 0.136. The van der Waals surface area contributed by atoms with Crippen molar-refractivity contribution in [2.75, 3.05) is 5.32 Å². The third-order valence-electron chi connectivity index (χ3n) is 4.74. The average molecular weight is 460 g/mol. The summed E-state index contributed by atoms with van der Waals surface area (Å²) in [5.41, 5.74) is 7.52. The van der Waals surface area contributed by atoms with E-state index in [2.05, 4.69) is 5.32 Å². The Labute approximate surface area is 188 Å². The number of aromatic nitrogens is 1. The number of primary amides is 1. The molecule has 0 saturated heterocycles. The van der Waals surface area contributed by atoms with Gasteiger partial charge >= 0.3 is 5.97 Å². The summed E-state index contributed by atoms with van der Waals surface area (Å²) in [7, 11) is 0. The van der Waals surface area contributed by atoms with Gasteiger partial charge in [0.1, 0.15) is 5.02 Å². The molecule has 1 amide bonds. The molecular formula is C22H19Cl2N3O4. The van der Waals surface area contributed by atoms with Crippen molar-refractivity contribution >= 4 is 40.8 Å². The first-order valence-corrected chi connectivity index (χ1v) is 10.1. The molecule has 0 aliphatic rings. The van der Waals surface area contributed by atoms with E-state index in [1.807, 2.05) is 0 Å². The van der Waals surface area contributed by atoms with Gasteiger partial charge in [0.2, 0.25) is 5.91 Å². The predicted octanol–water partition coefficient (Wildman–Crippen LogP) is 3.81. The largest absolute Gasteiger partial charge is 0.478 e. The van der Waals surface area contributed by atoms with E-state index in [1.54, 1.807) is 36.4 Å². The van der Waals surface area contributed by atoms with Gasteiger partial charge < -0.3 is 20.7 Å². The quantitative estimate of drug-likeness (QED) is 0.473. The Morgan fingerprint density at radius 3 is 2.35 bits per heavy atom. The molecule has 0 spiro atoms. The van der Waals surface area contributed by atoms with Gasteiger partial charge in [0, 0.05) is 17.8 Å². The van der Waals surface area contributed by atoms with Crippen LogP contribution in [0.2, 0.25) is 10.0 Å². The van der Waals surface area contributed by atoms with E-state index >= 15 is 0 Å². The number of nitrogens with two attached hydrogens (primary N) is 1. The molecule has 1 aromatic heterocycles. The van der Waals surface area contributed by atoms with Crippen LogP contribution in [0.4, 0.5) is 5.69 Å². The van der Waals surface area contributed by atoms with E-state index in [-0.39, 0.29) is 22.7 Å². The number of hydrogen-bond acceptors (Lipinski definition) is 4. The van der Waals surface area contributed by atoms with Crippen LogP contribution in [0.5, 0.6) is 0 Å². The third-order valence-corrected chi connectivity index (χ3v) is 5.33. The van der Waals surface area contributed by atoms with Gasteiger partial charge in [-0.2, -0.15) is 0 Å². The molecule has 0 aliphatic carbocycles. The fourth-order valence-corrected chi connectivity index (χ4v) is 3.62. The predicted molar refractivity (Wildman–Crippen MR) is 120 cm³/mol. The SMILES string of the molecule is NC(=O)c1cccc(NCc2c(Cl)cc(Cl)c(=O)n2CCc2ccc(C(=O)O)cc2)c1. The molecule has 3 aromatic rings. The molecule has 160 valence electrons. The zero-order chi connectivity index (χ0) is 22.5. The number of rotatable bonds is 8. The number of pyridine rings is 1. The topological polar surface area (TPSA) is 114 Å². The van der Waals surface area contributed by atoms with Crippen LogP contribution in [0.1, 0.15) is 32.0 Å². The highest BCUT2D eigenvalue weighted by Crippen LogP contribution is 2.21. The summed E-state index contributed by atoms with van der Waals surface area (Å²) in [6, 6.07) is 14.5. The third kappa shape index (κ3) is 5.45. The van der Waals surface area contributed by atoms with Gasteiger partial charge in [0.15, 0.2) is 0 Å². The molecule has 0 bridgehead atoms. The number of hydrogen-bond donors (Lipinski definition) is 3. The number of halogens is 2. The van der Waals surface area contributed by atoms with Crippen LogP contribution < -0.4 is 16.6 Å². The molecule has 0 unspecified atom stereocenters. The number of carbonyl (C=O) groups is 2. The molecule has 2 aromatic carbocycles. The van der Waals surface area contributed by atoms with E-state index in [4.69, 9.17) is 34.0 Å². The molecule has 9 heteroatoms. The van der Waals surface area contributed by atoms with Crippen LogP contribution in [0.25, 0.3) is 0 Å². The van der Waals surface area contributed by atoms with Crippen molar-refractivity contribution in [2.24, 2.45) is 5.73 Å². The van der Waals surface area contributed by atoms with Crippen LogP contribution in [-0.4, -0.2) is 21.6 Å². The van der Waals surface area contributed by atoms with Gasteiger partial charge in [-0.3, -0.25) is 9.59 Å². The highest BCUT2D eigenvalue weighted by molar-refractivity contribution is 6.34. The van der Waals surface area contributed by atoms with E-state index in [1.165, 1.54) is 22.8 Å². The lowest BCUT2D eigenvalue weighted by Crippen LogP contribution is -2.26. The number of aryl methyl sites for hydroxylation is 1. The maximum absolute atomic E-state index is 12.7. The lowest BCUT2D eigenvalue weighted by atomic mass is 10.1. The van der Waals surface area contributed by atoms with Gasteiger partial charge in [-0.25, -0.2) is 4.79 Å². The Morgan fingerprint density at radius 2 is 1.71 bits per heavy atom. The summed E-state index contributed by atoms with van der Waals surface area (Å²) < 4.78 is 1.49. The number of anilines is 1. The Morgan fingerprint density at radius 1 is 1.00 bits per heavy atom. The number of aromatic carboxylic acids is 1. The van der Waals surface area contributed by atoms with Crippen molar-refractivity contribution in [3.8, 4) is 0 Å². The standard InChI is InChI=1S/C22H19Cl2N3O4/c23-17-11-18(24)21(29)27(9-8-13-4-6-14(7-5-13)22(30)31)19(17)12-26-16-3-1-2-15(10-16)20(25)28/h1-7,10-11,26H,8-9,12H2,(H2,25,28)(H,30,31). The minimum absolute atomic E-state index is 0.00528. The Bertz CT molecular complexity index is 1190. The molecule has 1 heterocycles. The normalized spacial score (nSPS) is 10.6. The van der Waals surface area contributed by atoms with Crippen LogP contribution in [-0.2, 0) is 19.5 Å². The molecule has 0 aliphatic heterocycles. The van der Waals surface area contributed by atoms with Crippen molar-refractivity contribution in [1.29, 1.82) is 0 Å². The molecule has 4 N–H and O–H groups in total. The van der Waals surface area contributed by atoms with Gasteiger partial charge in [0.05, 0.1) is 22.8 Å². The number of nitrogens with zero attached hydrogens (tertiary/aromatic N) is 1. The summed E-state index contributed by atoms with van der Waals surface area (Å²) in [4.78, 5) is 35.0. The first-order chi connectivity index (χ1) is 14.8. The number of carbonyl (C=O) groups excluding carboxylic acids is 1. The minimum Gasteiger partial charge on any atom is -0.478 e. The van der Waals surface area contributed by atoms with Crippen LogP contribution in [0.3, 0.4) is 0 Å². The van der Waals surface area contributed by atoms with Gasteiger partial charge in [-0.05, 0) is 48.4 Å².